The van der Waals surface area contributed by atoms with E-state index in [0.29, 0.717) is 6.61 Å². The molecular formula is C12H26N6O. The van der Waals surface area contributed by atoms with Gasteiger partial charge in [0.2, 0.25) is 0 Å². The minimum absolute atomic E-state index is 0.266. The van der Waals surface area contributed by atoms with Gasteiger partial charge >= 0.3 is 0 Å². The Morgan fingerprint density at radius 1 is 0.842 bits per heavy atom. The van der Waals surface area contributed by atoms with E-state index in [1.165, 1.54) is 19.3 Å². The summed E-state index contributed by atoms with van der Waals surface area (Å²) in [6, 6.07) is 0. The molecule has 3 aliphatic rings. The van der Waals surface area contributed by atoms with Crippen LogP contribution in [0.1, 0.15) is 19.3 Å². The van der Waals surface area contributed by atoms with Gasteiger partial charge in [0.25, 0.3) is 0 Å². The van der Waals surface area contributed by atoms with E-state index in [0.717, 1.165) is 39.3 Å². The first-order valence-electron chi connectivity index (χ1n) is 7.40. The van der Waals surface area contributed by atoms with Gasteiger partial charge in [-0.05, 0) is 19.3 Å². The van der Waals surface area contributed by atoms with E-state index in [1.807, 2.05) is 0 Å². The summed E-state index contributed by atoms with van der Waals surface area (Å²) in [7, 11) is 1.79. The van der Waals surface area contributed by atoms with Crippen LogP contribution < -0.4 is 16.3 Å². The molecule has 0 aromatic carbocycles. The molecule has 0 radical (unpaired) electrons. The average Bonchev–Trinajstić information content (AvgIpc) is 3.18. The Kier molecular flexibility index (Phi) is 4.33. The van der Waals surface area contributed by atoms with Crippen LogP contribution in [0, 0.1) is 0 Å². The zero-order valence-corrected chi connectivity index (χ0v) is 11.8. The number of hydrogen-bond donors (Lipinski definition) is 3. The van der Waals surface area contributed by atoms with E-state index in [9.17, 15) is 0 Å². The van der Waals surface area contributed by atoms with Crippen molar-refractivity contribution in [1.82, 2.24) is 31.3 Å². The fraction of sp³-hybridized carbons (Fsp3) is 1.00. The number of methoxy groups -OCH3 is 1. The Morgan fingerprint density at radius 2 is 1.26 bits per heavy atom. The zero-order chi connectivity index (χ0) is 13.1. The molecule has 0 bridgehead atoms. The van der Waals surface area contributed by atoms with Crippen molar-refractivity contribution >= 4 is 0 Å². The predicted octanol–water partition coefficient (Wildman–Crippen LogP) is -1.08. The Bertz CT molecular complexity index is 243. The lowest BCUT2D eigenvalue weighted by molar-refractivity contribution is -0.223. The quantitative estimate of drug-likeness (QED) is 0.587. The third-order valence-electron chi connectivity index (χ3n) is 4.22. The Balaban J connectivity index is 1.88. The van der Waals surface area contributed by atoms with Gasteiger partial charge in [-0.3, -0.25) is 16.3 Å². The van der Waals surface area contributed by atoms with Crippen molar-refractivity contribution in [3.63, 3.8) is 0 Å². The van der Waals surface area contributed by atoms with Crippen molar-refractivity contribution in [3.8, 4) is 0 Å². The van der Waals surface area contributed by atoms with Crippen molar-refractivity contribution in [3.05, 3.63) is 0 Å². The molecule has 0 aliphatic carbocycles. The molecule has 3 heterocycles. The van der Waals surface area contributed by atoms with Gasteiger partial charge in [-0.25, -0.2) is 15.0 Å². The van der Waals surface area contributed by atoms with Crippen molar-refractivity contribution < 1.29 is 4.74 Å². The summed E-state index contributed by atoms with van der Waals surface area (Å²) in [5.74, 6) is -0.266. The topological polar surface area (TPSA) is 55.0 Å². The Labute approximate surface area is 115 Å². The van der Waals surface area contributed by atoms with Crippen LogP contribution >= 0.6 is 0 Å². The second-order valence-electron chi connectivity index (χ2n) is 5.45. The second-order valence-corrected chi connectivity index (χ2v) is 5.45. The minimum Gasteiger partial charge on any atom is -0.380 e. The van der Waals surface area contributed by atoms with Crippen LogP contribution in [-0.2, 0) is 4.74 Å². The fourth-order valence-corrected chi connectivity index (χ4v) is 3.37. The third kappa shape index (κ3) is 2.40. The molecule has 110 valence electrons. The molecule has 3 aliphatic heterocycles. The monoisotopic (exact) mass is 270 g/mol. The first kappa shape index (κ1) is 13.7. The molecule has 3 saturated heterocycles. The summed E-state index contributed by atoms with van der Waals surface area (Å²) >= 11 is 0. The van der Waals surface area contributed by atoms with E-state index >= 15 is 0 Å². The van der Waals surface area contributed by atoms with Gasteiger partial charge in [0.1, 0.15) is 0 Å². The van der Waals surface area contributed by atoms with Crippen LogP contribution in [-0.4, -0.2) is 73.8 Å². The minimum atomic E-state index is -0.266. The lowest BCUT2D eigenvalue weighted by Crippen LogP contribution is -2.76. The first-order valence-corrected chi connectivity index (χ1v) is 7.40. The summed E-state index contributed by atoms with van der Waals surface area (Å²) < 4.78 is 5.60. The lowest BCUT2D eigenvalue weighted by Gasteiger charge is -2.51. The molecule has 0 atom stereocenters. The van der Waals surface area contributed by atoms with Crippen molar-refractivity contribution in [2.24, 2.45) is 0 Å². The normalized spacial score (nSPS) is 27.6. The van der Waals surface area contributed by atoms with Gasteiger partial charge in [0.15, 0.2) is 5.79 Å². The summed E-state index contributed by atoms with van der Waals surface area (Å²) in [6.07, 6.45) is 3.56. The average molecular weight is 270 g/mol. The van der Waals surface area contributed by atoms with Gasteiger partial charge in [-0.15, -0.1) is 0 Å². The highest BCUT2D eigenvalue weighted by Gasteiger charge is 2.50. The molecule has 3 N–H and O–H groups in total. The maximum atomic E-state index is 5.60. The summed E-state index contributed by atoms with van der Waals surface area (Å²) in [4.78, 5) is 0. The molecule has 3 rings (SSSR count). The molecule has 3 fully saturated rings. The number of hydrazine groups is 3. The third-order valence-corrected chi connectivity index (χ3v) is 4.22. The summed E-state index contributed by atoms with van der Waals surface area (Å²) in [6.45, 7) is 6.96. The molecule has 0 amide bonds. The maximum absolute atomic E-state index is 5.60. The van der Waals surface area contributed by atoms with E-state index in [4.69, 9.17) is 4.74 Å². The molecule has 7 heteroatoms. The van der Waals surface area contributed by atoms with Crippen molar-refractivity contribution in [2.75, 3.05) is 53.0 Å². The van der Waals surface area contributed by atoms with E-state index in [-0.39, 0.29) is 5.79 Å². The Morgan fingerprint density at radius 3 is 1.53 bits per heavy atom. The zero-order valence-electron chi connectivity index (χ0n) is 11.8. The second kappa shape index (κ2) is 6.01. The molecule has 0 spiro atoms. The number of hydrogen-bond acceptors (Lipinski definition) is 7. The maximum Gasteiger partial charge on any atom is 0.193 e. The van der Waals surface area contributed by atoms with Crippen molar-refractivity contribution in [1.29, 1.82) is 0 Å². The van der Waals surface area contributed by atoms with Crippen LogP contribution in [0.4, 0.5) is 0 Å². The molecule has 7 nitrogen and oxygen atoms in total. The molecule has 0 unspecified atom stereocenters. The summed E-state index contributed by atoms with van der Waals surface area (Å²) in [5.41, 5.74) is 10.6. The predicted molar refractivity (Wildman–Crippen MR) is 72.6 cm³/mol. The van der Waals surface area contributed by atoms with E-state index < -0.39 is 0 Å². The van der Waals surface area contributed by atoms with Gasteiger partial charge < -0.3 is 4.74 Å². The number of nitrogens with zero attached hydrogens (tertiary/aromatic N) is 3. The smallest absolute Gasteiger partial charge is 0.193 e. The van der Waals surface area contributed by atoms with Gasteiger partial charge in [0, 0.05) is 46.4 Å². The number of nitrogens with one attached hydrogen (secondary N) is 3. The molecular weight excluding hydrogens is 244 g/mol. The van der Waals surface area contributed by atoms with Crippen LogP contribution in [0.3, 0.4) is 0 Å². The molecule has 19 heavy (non-hydrogen) atoms. The highest BCUT2D eigenvalue weighted by molar-refractivity contribution is 4.92. The fourth-order valence-electron chi connectivity index (χ4n) is 3.37. The van der Waals surface area contributed by atoms with Crippen LogP contribution in [0.2, 0.25) is 0 Å². The number of ether oxygens (including phenoxy) is 1. The van der Waals surface area contributed by atoms with Gasteiger partial charge in [-0.2, -0.15) is 0 Å². The SMILES string of the molecule is COCC(N1CCCN1)(N1CCCN1)N1CCCN1. The summed E-state index contributed by atoms with van der Waals surface area (Å²) in [5, 5.41) is 7.02. The number of rotatable bonds is 5. The molecule has 0 aromatic rings. The van der Waals surface area contributed by atoms with E-state index in [2.05, 4.69) is 31.3 Å². The highest BCUT2D eigenvalue weighted by atomic mass is 16.5. The molecule has 0 saturated carbocycles. The van der Waals surface area contributed by atoms with Crippen LogP contribution in [0.25, 0.3) is 0 Å². The van der Waals surface area contributed by atoms with E-state index in [1.54, 1.807) is 7.11 Å². The first-order chi connectivity index (χ1) is 9.38. The highest BCUT2D eigenvalue weighted by Crippen LogP contribution is 2.28. The Hall–Kier alpha value is -0.280. The van der Waals surface area contributed by atoms with Crippen molar-refractivity contribution in [2.45, 2.75) is 25.0 Å². The van der Waals surface area contributed by atoms with Gasteiger partial charge in [-0.1, -0.05) is 0 Å². The van der Waals surface area contributed by atoms with Gasteiger partial charge in [0.05, 0.1) is 6.61 Å². The largest absolute Gasteiger partial charge is 0.380 e. The standard InChI is InChI=1S/C12H26N6O/c1-19-11-12(16-8-2-5-13-16,17-9-3-6-14-17)18-10-4-7-15-18/h13-15H,2-11H2,1H3. The van der Waals surface area contributed by atoms with Crippen LogP contribution in [0.5, 0.6) is 0 Å². The molecule has 0 aromatic heterocycles. The van der Waals surface area contributed by atoms with Crippen LogP contribution in [0.15, 0.2) is 0 Å². The lowest BCUT2D eigenvalue weighted by atomic mass is 10.2.